The SMILES string of the molecule is O=S(=O)(Cc1ccccc1)N1CCC(N2CCc3ccccc3C2)C1. The van der Waals surface area contributed by atoms with Crippen molar-refractivity contribution < 1.29 is 8.42 Å². The Morgan fingerprint density at radius 3 is 2.44 bits per heavy atom. The zero-order valence-corrected chi connectivity index (χ0v) is 15.2. The molecule has 1 saturated heterocycles. The Morgan fingerprint density at radius 1 is 0.920 bits per heavy atom. The summed E-state index contributed by atoms with van der Waals surface area (Å²) < 4.78 is 27.2. The molecule has 1 unspecified atom stereocenters. The molecule has 0 N–H and O–H groups in total. The molecule has 0 bridgehead atoms. The summed E-state index contributed by atoms with van der Waals surface area (Å²) in [4.78, 5) is 2.46. The second-order valence-corrected chi connectivity index (χ2v) is 9.00. The topological polar surface area (TPSA) is 40.6 Å². The minimum Gasteiger partial charge on any atom is -0.294 e. The van der Waals surface area contributed by atoms with E-state index in [1.807, 2.05) is 30.3 Å². The van der Waals surface area contributed by atoms with Gasteiger partial charge in [0.1, 0.15) is 0 Å². The molecule has 0 radical (unpaired) electrons. The normalized spacial score (nSPS) is 22.0. The number of nitrogens with zero attached hydrogens (tertiary/aromatic N) is 2. The highest BCUT2D eigenvalue weighted by Crippen LogP contribution is 2.26. The first-order valence-electron chi connectivity index (χ1n) is 8.94. The minimum absolute atomic E-state index is 0.101. The van der Waals surface area contributed by atoms with Gasteiger partial charge in [0.15, 0.2) is 0 Å². The fourth-order valence-electron chi connectivity index (χ4n) is 3.97. The van der Waals surface area contributed by atoms with Gasteiger partial charge in [-0.15, -0.1) is 0 Å². The molecular weight excluding hydrogens is 332 g/mol. The molecule has 1 fully saturated rings. The molecular formula is C20H24N2O2S. The third-order valence-electron chi connectivity index (χ3n) is 5.39. The monoisotopic (exact) mass is 356 g/mol. The van der Waals surface area contributed by atoms with Crippen molar-refractivity contribution >= 4 is 10.0 Å². The molecule has 0 saturated carbocycles. The van der Waals surface area contributed by atoms with Crippen molar-refractivity contribution in [3.8, 4) is 0 Å². The zero-order valence-electron chi connectivity index (χ0n) is 14.3. The van der Waals surface area contributed by atoms with Gasteiger partial charge < -0.3 is 0 Å². The molecule has 0 amide bonds. The number of rotatable bonds is 4. The molecule has 0 spiro atoms. The van der Waals surface area contributed by atoms with Crippen LogP contribution in [-0.4, -0.2) is 43.3 Å². The van der Waals surface area contributed by atoms with E-state index in [4.69, 9.17) is 0 Å². The van der Waals surface area contributed by atoms with Crippen LogP contribution in [0.3, 0.4) is 0 Å². The highest BCUT2D eigenvalue weighted by molar-refractivity contribution is 7.88. The molecule has 0 aromatic heterocycles. The van der Waals surface area contributed by atoms with Crippen LogP contribution in [0.2, 0.25) is 0 Å². The molecule has 2 aromatic rings. The summed E-state index contributed by atoms with van der Waals surface area (Å²) in [6, 6.07) is 18.4. The van der Waals surface area contributed by atoms with E-state index in [9.17, 15) is 8.42 Å². The van der Waals surface area contributed by atoms with Crippen LogP contribution in [-0.2, 0) is 28.7 Å². The molecule has 1 atom stereocenters. The third-order valence-corrected chi connectivity index (χ3v) is 7.20. The van der Waals surface area contributed by atoms with Crippen LogP contribution in [0.4, 0.5) is 0 Å². The number of hydrogen-bond acceptors (Lipinski definition) is 3. The van der Waals surface area contributed by atoms with Crippen LogP contribution in [0.1, 0.15) is 23.1 Å². The summed E-state index contributed by atoms with van der Waals surface area (Å²) in [6.45, 7) is 3.22. The Labute approximate surface area is 150 Å². The van der Waals surface area contributed by atoms with Gasteiger partial charge in [-0.25, -0.2) is 12.7 Å². The van der Waals surface area contributed by atoms with Gasteiger partial charge >= 0.3 is 0 Å². The molecule has 4 nitrogen and oxygen atoms in total. The van der Waals surface area contributed by atoms with Gasteiger partial charge in [-0.05, 0) is 29.5 Å². The number of fused-ring (bicyclic) bond motifs is 1. The first kappa shape index (κ1) is 16.8. The average Bonchev–Trinajstić information content (AvgIpc) is 3.13. The van der Waals surface area contributed by atoms with Crippen molar-refractivity contribution in [1.29, 1.82) is 0 Å². The van der Waals surface area contributed by atoms with E-state index in [0.717, 1.165) is 31.5 Å². The van der Waals surface area contributed by atoms with Gasteiger partial charge in [-0.3, -0.25) is 4.90 Å². The van der Waals surface area contributed by atoms with Crippen LogP contribution in [0.25, 0.3) is 0 Å². The predicted octanol–water partition coefficient (Wildman–Crippen LogP) is 2.65. The van der Waals surface area contributed by atoms with Crippen LogP contribution in [0.15, 0.2) is 54.6 Å². The lowest BCUT2D eigenvalue weighted by molar-refractivity contribution is 0.185. The second kappa shape index (κ2) is 6.90. The maximum Gasteiger partial charge on any atom is 0.218 e. The standard InChI is InChI=1S/C20H24N2O2S/c23-25(24,16-17-6-2-1-3-7-17)22-13-11-20(15-22)21-12-10-18-8-4-5-9-19(18)14-21/h1-9,20H,10-16H2. The maximum atomic E-state index is 12.7. The fraction of sp³-hybridized carbons (Fsp3) is 0.400. The Morgan fingerprint density at radius 2 is 1.64 bits per heavy atom. The minimum atomic E-state index is -3.24. The van der Waals surface area contributed by atoms with Gasteiger partial charge in [0.25, 0.3) is 0 Å². The lowest BCUT2D eigenvalue weighted by Gasteiger charge is -2.33. The van der Waals surface area contributed by atoms with Gasteiger partial charge in [0, 0.05) is 32.2 Å². The Balaban J connectivity index is 1.42. The van der Waals surface area contributed by atoms with Crippen molar-refractivity contribution in [2.24, 2.45) is 0 Å². The van der Waals surface area contributed by atoms with E-state index in [-0.39, 0.29) is 5.75 Å². The molecule has 2 aromatic carbocycles. The lowest BCUT2D eigenvalue weighted by Crippen LogP contribution is -2.41. The number of sulfonamides is 1. The molecule has 25 heavy (non-hydrogen) atoms. The molecule has 2 aliphatic heterocycles. The van der Waals surface area contributed by atoms with Crippen LogP contribution < -0.4 is 0 Å². The van der Waals surface area contributed by atoms with Crippen molar-refractivity contribution in [3.05, 3.63) is 71.3 Å². The highest BCUT2D eigenvalue weighted by Gasteiger charge is 2.35. The maximum absolute atomic E-state index is 12.7. The second-order valence-electron chi connectivity index (χ2n) is 7.03. The first-order valence-corrected chi connectivity index (χ1v) is 10.6. The van der Waals surface area contributed by atoms with E-state index >= 15 is 0 Å². The lowest BCUT2D eigenvalue weighted by atomic mass is 9.98. The highest BCUT2D eigenvalue weighted by atomic mass is 32.2. The summed E-state index contributed by atoms with van der Waals surface area (Å²) in [7, 11) is -3.24. The summed E-state index contributed by atoms with van der Waals surface area (Å²) in [6.07, 6.45) is 1.99. The van der Waals surface area contributed by atoms with Gasteiger partial charge in [0.05, 0.1) is 5.75 Å². The Kier molecular flexibility index (Phi) is 4.63. The van der Waals surface area contributed by atoms with Crippen molar-refractivity contribution in [2.45, 2.75) is 31.2 Å². The zero-order chi connectivity index (χ0) is 17.3. The van der Waals surface area contributed by atoms with E-state index in [2.05, 4.69) is 29.2 Å². The van der Waals surface area contributed by atoms with Crippen LogP contribution >= 0.6 is 0 Å². The van der Waals surface area contributed by atoms with Crippen molar-refractivity contribution in [2.75, 3.05) is 19.6 Å². The van der Waals surface area contributed by atoms with Crippen LogP contribution in [0.5, 0.6) is 0 Å². The van der Waals surface area contributed by atoms with E-state index in [1.165, 1.54) is 11.1 Å². The average molecular weight is 356 g/mol. The third kappa shape index (κ3) is 3.64. The van der Waals surface area contributed by atoms with E-state index in [1.54, 1.807) is 4.31 Å². The predicted molar refractivity (Wildman–Crippen MR) is 99.6 cm³/mol. The largest absolute Gasteiger partial charge is 0.294 e. The molecule has 5 heteroatoms. The summed E-state index contributed by atoms with van der Waals surface area (Å²) in [5.41, 5.74) is 3.68. The van der Waals surface area contributed by atoms with Gasteiger partial charge in [-0.2, -0.15) is 0 Å². The van der Waals surface area contributed by atoms with E-state index < -0.39 is 10.0 Å². The number of benzene rings is 2. The smallest absolute Gasteiger partial charge is 0.218 e. The molecule has 0 aliphatic carbocycles. The van der Waals surface area contributed by atoms with Gasteiger partial charge in [-0.1, -0.05) is 54.6 Å². The number of hydrogen-bond donors (Lipinski definition) is 0. The van der Waals surface area contributed by atoms with Gasteiger partial charge in [0.2, 0.25) is 10.0 Å². The molecule has 132 valence electrons. The van der Waals surface area contributed by atoms with E-state index in [0.29, 0.717) is 19.1 Å². The van der Waals surface area contributed by atoms with Crippen molar-refractivity contribution in [3.63, 3.8) is 0 Å². The molecule has 2 heterocycles. The summed E-state index contributed by atoms with van der Waals surface area (Å²) >= 11 is 0. The Bertz CT molecular complexity index is 836. The fourth-order valence-corrected chi connectivity index (χ4v) is 5.55. The Hall–Kier alpha value is -1.69. The molecule has 2 aliphatic rings. The van der Waals surface area contributed by atoms with Crippen molar-refractivity contribution in [1.82, 2.24) is 9.21 Å². The summed E-state index contributed by atoms with van der Waals surface area (Å²) in [5.74, 6) is 0.101. The quantitative estimate of drug-likeness (QED) is 0.846. The molecule has 4 rings (SSSR count). The summed E-state index contributed by atoms with van der Waals surface area (Å²) in [5, 5.41) is 0. The van der Waals surface area contributed by atoms with Crippen LogP contribution in [0, 0.1) is 0 Å². The first-order chi connectivity index (χ1) is 12.1.